The lowest BCUT2D eigenvalue weighted by atomic mass is 10.1. The summed E-state index contributed by atoms with van der Waals surface area (Å²) in [4.78, 5) is 16.1. The summed E-state index contributed by atoms with van der Waals surface area (Å²) in [6.07, 6.45) is 0. The Morgan fingerprint density at radius 2 is 1.58 bits per heavy atom. The Balaban J connectivity index is 1.45. The number of carbonyl (C=O) groups excluding carboxylic acids is 1. The first kappa shape index (κ1) is 22.9. The predicted octanol–water partition coefficient (Wildman–Crippen LogP) is 5.95. The van der Waals surface area contributed by atoms with Gasteiger partial charge in [0.05, 0.1) is 6.61 Å². The number of benzene rings is 3. The van der Waals surface area contributed by atoms with Crippen molar-refractivity contribution >= 4 is 23.4 Å². The maximum absolute atomic E-state index is 12.5. The van der Waals surface area contributed by atoms with Crippen LogP contribution in [0.15, 0.2) is 83.8 Å². The maximum Gasteiger partial charge on any atom is 0.255 e. The smallest absolute Gasteiger partial charge is 0.255 e. The first-order valence-electron chi connectivity index (χ1n) is 10.7. The highest BCUT2D eigenvalue weighted by Crippen LogP contribution is 2.19. The second-order valence-corrected chi connectivity index (χ2v) is 8.32. The van der Waals surface area contributed by atoms with Crippen molar-refractivity contribution < 1.29 is 9.53 Å². The quantitative estimate of drug-likeness (QED) is 0.299. The fraction of sp³-hybridized carbons (Fsp3) is 0.269. The predicted molar refractivity (Wildman–Crippen MR) is 130 cm³/mol. The first-order valence-corrected chi connectivity index (χ1v) is 11.7. The van der Waals surface area contributed by atoms with Crippen LogP contribution in [0.5, 0.6) is 5.75 Å². The molecule has 3 aromatic rings. The van der Waals surface area contributed by atoms with Crippen LogP contribution in [-0.4, -0.2) is 36.3 Å². The topological polar surface area (TPSA) is 41.6 Å². The van der Waals surface area contributed by atoms with E-state index in [0.717, 1.165) is 36.8 Å². The Labute approximate surface area is 189 Å². The number of anilines is 1. The standard InChI is InChI=1S/C26H30N2O2S/c1-3-28(4-2)20-21-10-14-23(15-11-21)27-26(29)22-12-16-24(17-13-22)30-18-19-31-25-8-6-5-7-9-25/h5-17H,3-4,18-20H2,1-2H3,(H,27,29). The second-order valence-electron chi connectivity index (χ2n) is 7.15. The van der Waals surface area contributed by atoms with Gasteiger partial charge in [0.25, 0.3) is 5.91 Å². The van der Waals surface area contributed by atoms with E-state index in [2.05, 4.69) is 48.3 Å². The van der Waals surface area contributed by atoms with Crippen molar-refractivity contribution in [1.29, 1.82) is 0 Å². The van der Waals surface area contributed by atoms with Crippen molar-refractivity contribution in [3.63, 3.8) is 0 Å². The van der Waals surface area contributed by atoms with Gasteiger partial charge in [0.15, 0.2) is 0 Å². The number of hydrogen-bond donors (Lipinski definition) is 1. The number of nitrogens with zero attached hydrogens (tertiary/aromatic N) is 1. The highest BCUT2D eigenvalue weighted by Gasteiger charge is 2.07. The molecule has 0 bridgehead atoms. The number of rotatable bonds is 11. The molecule has 3 aromatic carbocycles. The van der Waals surface area contributed by atoms with Crippen molar-refractivity contribution in [2.45, 2.75) is 25.3 Å². The molecule has 0 aromatic heterocycles. The normalized spacial score (nSPS) is 10.8. The summed E-state index contributed by atoms with van der Waals surface area (Å²) in [7, 11) is 0. The third-order valence-electron chi connectivity index (χ3n) is 4.99. The minimum absolute atomic E-state index is 0.123. The molecule has 3 rings (SSSR count). The molecule has 31 heavy (non-hydrogen) atoms. The molecule has 0 aliphatic heterocycles. The zero-order valence-corrected chi connectivity index (χ0v) is 19.0. The van der Waals surface area contributed by atoms with Gasteiger partial charge in [-0.1, -0.05) is 44.2 Å². The maximum atomic E-state index is 12.5. The number of thioether (sulfide) groups is 1. The molecule has 0 radical (unpaired) electrons. The molecule has 4 nitrogen and oxygen atoms in total. The van der Waals surface area contributed by atoms with Gasteiger partial charge in [-0.25, -0.2) is 0 Å². The van der Waals surface area contributed by atoms with Crippen LogP contribution >= 0.6 is 11.8 Å². The van der Waals surface area contributed by atoms with Gasteiger partial charge < -0.3 is 10.1 Å². The Bertz CT molecular complexity index is 924. The molecule has 0 aliphatic carbocycles. The third kappa shape index (κ3) is 7.46. The summed E-state index contributed by atoms with van der Waals surface area (Å²) in [5.74, 6) is 1.52. The molecule has 5 heteroatoms. The number of hydrogen-bond acceptors (Lipinski definition) is 4. The Morgan fingerprint density at radius 3 is 2.23 bits per heavy atom. The molecular formula is C26H30N2O2S. The fourth-order valence-corrected chi connectivity index (χ4v) is 3.89. The molecule has 0 atom stereocenters. The number of amides is 1. The van der Waals surface area contributed by atoms with Gasteiger partial charge in [-0.3, -0.25) is 9.69 Å². The van der Waals surface area contributed by atoms with Gasteiger partial charge in [0.2, 0.25) is 0 Å². The van der Waals surface area contributed by atoms with Gasteiger partial charge in [-0.2, -0.15) is 0 Å². The average molecular weight is 435 g/mol. The van der Waals surface area contributed by atoms with Crippen LogP contribution in [0, 0.1) is 0 Å². The molecular weight excluding hydrogens is 404 g/mol. The van der Waals surface area contributed by atoms with Crippen molar-refractivity contribution in [3.05, 3.63) is 90.0 Å². The van der Waals surface area contributed by atoms with Crippen LogP contribution < -0.4 is 10.1 Å². The molecule has 1 N–H and O–H groups in total. The molecule has 1 amide bonds. The Hall–Kier alpha value is -2.76. The number of ether oxygens (including phenoxy) is 1. The lowest BCUT2D eigenvalue weighted by Crippen LogP contribution is -2.22. The molecule has 0 heterocycles. The summed E-state index contributed by atoms with van der Waals surface area (Å²) >= 11 is 1.76. The van der Waals surface area contributed by atoms with Crippen LogP contribution in [0.25, 0.3) is 0 Å². The van der Waals surface area contributed by atoms with Gasteiger partial charge in [0, 0.05) is 28.4 Å². The van der Waals surface area contributed by atoms with Gasteiger partial charge in [0.1, 0.15) is 5.75 Å². The summed E-state index contributed by atoms with van der Waals surface area (Å²) in [6.45, 7) is 7.93. The van der Waals surface area contributed by atoms with E-state index in [0.29, 0.717) is 12.2 Å². The van der Waals surface area contributed by atoms with Crippen molar-refractivity contribution in [2.75, 3.05) is 30.8 Å². The Morgan fingerprint density at radius 1 is 0.903 bits per heavy atom. The molecule has 162 valence electrons. The van der Waals surface area contributed by atoms with Crippen LogP contribution in [0.4, 0.5) is 5.69 Å². The van der Waals surface area contributed by atoms with E-state index in [4.69, 9.17) is 4.74 Å². The first-order chi connectivity index (χ1) is 15.2. The minimum atomic E-state index is -0.123. The second kappa shape index (κ2) is 12.2. The van der Waals surface area contributed by atoms with E-state index in [9.17, 15) is 4.79 Å². The van der Waals surface area contributed by atoms with E-state index in [1.165, 1.54) is 10.5 Å². The van der Waals surface area contributed by atoms with E-state index in [-0.39, 0.29) is 5.91 Å². The summed E-state index contributed by atoms with van der Waals surface area (Å²) in [6, 6.07) is 25.6. The molecule has 0 unspecified atom stereocenters. The van der Waals surface area contributed by atoms with Crippen LogP contribution in [0.3, 0.4) is 0 Å². The largest absolute Gasteiger partial charge is 0.493 e. The molecule has 0 saturated heterocycles. The number of carbonyl (C=O) groups is 1. The minimum Gasteiger partial charge on any atom is -0.493 e. The SMILES string of the molecule is CCN(CC)Cc1ccc(NC(=O)c2ccc(OCCSc3ccccc3)cc2)cc1. The average Bonchev–Trinajstić information content (AvgIpc) is 2.82. The van der Waals surface area contributed by atoms with Crippen LogP contribution in [0.2, 0.25) is 0 Å². The van der Waals surface area contributed by atoms with E-state index >= 15 is 0 Å². The number of nitrogens with one attached hydrogen (secondary N) is 1. The van der Waals surface area contributed by atoms with E-state index in [1.807, 2.05) is 42.5 Å². The lowest BCUT2D eigenvalue weighted by molar-refractivity contribution is 0.102. The highest BCUT2D eigenvalue weighted by molar-refractivity contribution is 7.99. The van der Waals surface area contributed by atoms with Crippen LogP contribution in [-0.2, 0) is 6.54 Å². The third-order valence-corrected chi connectivity index (χ3v) is 5.97. The molecule has 0 fully saturated rings. The highest BCUT2D eigenvalue weighted by atomic mass is 32.2. The van der Waals surface area contributed by atoms with E-state index in [1.54, 1.807) is 23.9 Å². The zero-order chi connectivity index (χ0) is 21.9. The summed E-state index contributed by atoms with van der Waals surface area (Å²) < 4.78 is 5.79. The van der Waals surface area contributed by atoms with Gasteiger partial charge >= 0.3 is 0 Å². The fourth-order valence-electron chi connectivity index (χ4n) is 3.14. The van der Waals surface area contributed by atoms with Crippen molar-refractivity contribution in [3.8, 4) is 5.75 Å². The molecule has 0 saturated carbocycles. The van der Waals surface area contributed by atoms with E-state index < -0.39 is 0 Å². The zero-order valence-electron chi connectivity index (χ0n) is 18.2. The van der Waals surface area contributed by atoms with Crippen molar-refractivity contribution in [1.82, 2.24) is 4.90 Å². The van der Waals surface area contributed by atoms with Gasteiger partial charge in [-0.05, 0) is 67.2 Å². The summed E-state index contributed by atoms with van der Waals surface area (Å²) in [5, 5.41) is 2.96. The lowest BCUT2D eigenvalue weighted by Gasteiger charge is -2.18. The monoisotopic (exact) mass is 434 g/mol. The molecule has 0 spiro atoms. The summed E-state index contributed by atoms with van der Waals surface area (Å²) in [5.41, 5.74) is 2.65. The van der Waals surface area contributed by atoms with Gasteiger partial charge in [-0.15, -0.1) is 11.8 Å². The Kier molecular flexibility index (Phi) is 9.00. The molecule has 0 aliphatic rings. The van der Waals surface area contributed by atoms with Crippen molar-refractivity contribution in [2.24, 2.45) is 0 Å². The van der Waals surface area contributed by atoms with Crippen LogP contribution in [0.1, 0.15) is 29.8 Å².